The molecule has 0 amide bonds. The van der Waals surface area contributed by atoms with E-state index < -0.39 is 0 Å². The molecular weight excluding hydrogens is 174 g/mol. The molecule has 76 valence electrons. The highest BCUT2D eigenvalue weighted by Crippen LogP contribution is 2.40. The molecule has 2 unspecified atom stereocenters. The molecule has 0 spiro atoms. The predicted molar refractivity (Wildman–Crippen MR) is 55.5 cm³/mol. The summed E-state index contributed by atoms with van der Waals surface area (Å²) < 4.78 is 0. The first-order valence-corrected chi connectivity index (χ1v) is 5.31. The van der Waals surface area contributed by atoms with Crippen LogP contribution in [-0.2, 0) is 5.54 Å². The van der Waals surface area contributed by atoms with Gasteiger partial charge in [0.1, 0.15) is 0 Å². The minimum atomic E-state index is -0.213. The van der Waals surface area contributed by atoms with Gasteiger partial charge in [-0.25, -0.2) is 0 Å². The third-order valence-corrected chi connectivity index (χ3v) is 3.31. The van der Waals surface area contributed by atoms with Gasteiger partial charge in [-0.15, -0.1) is 0 Å². The lowest BCUT2D eigenvalue weighted by Gasteiger charge is -2.22. The fourth-order valence-electron chi connectivity index (χ4n) is 2.33. The summed E-state index contributed by atoms with van der Waals surface area (Å²) in [6.45, 7) is 2.23. The topological polar surface area (TPSA) is 51.8 Å². The second-order valence-electron chi connectivity index (χ2n) is 4.28. The molecule has 3 nitrogen and oxygen atoms in total. The summed E-state index contributed by atoms with van der Waals surface area (Å²) in [4.78, 5) is 0. The van der Waals surface area contributed by atoms with Gasteiger partial charge in [-0.2, -0.15) is 10.2 Å². The van der Waals surface area contributed by atoms with Crippen LogP contribution in [0, 0.1) is 5.92 Å². The lowest BCUT2D eigenvalue weighted by atomic mass is 9.92. The van der Waals surface area contributed by atoms with Gasteiger partial charge in [-0.05, 0) is 37.3 Å². The molecule has 2 N–H and O–H groups in total. The Morgan fingerprint density at radius 3 is 3.07 bits per heavy atom. The van der Waals surface area contributed by atoms with Gasteiger partial charge in [0.2, 0.25) is 0 Å². The van der Waals surface area contributed by atoms with E-state index in [2.05, 4.69) is 17.1 Å². The molecule has 1 heterocycles. The van der Waals surface area contributed by atoms with E-state index in [4.69, 9.17) is 5.73 Å². The summed E-state index contributed by atoms with van der Waals surface area (Å²) in [5.74, 6) is 0.766. The van der Waals surface area contributed by atoms with Gasteiger partial charge in [0, 0.05) is 6.20 Å². The zero-order valence-electron chi connectivity index (χ0n) is 8.61. The summed E-state index contributed by atoms with van der Waals surface area (Å²) >= 11 is 0. The van der Waals surface area contributed by atoms with Crippen molar-refractivity contribution in [2.45, 2.75) is 38.1 Å². The van der Waals surface area contributed by atoms with Crippen molar-refractivity contribution in [2.24, 2.45) is 11.7 Å². The smallest absolute Gasteiger partial charge is 0.0829 e. The Morgan fingerprint density at radius 1 is 1.64 bits per heavy atom. The average Bonchev–Trinajstić information content (AvgIpc) is 2.63. The van der Waals surface area contributed by atoms with Gasteiger partial charge in [0.05, 0.1) is 11.2 Å². The van der Waals surface area contributed by atoms with Crippen molar-refractivity contribution in [3.8, 4) is 0 Å². The molecule has 1 saturated carbocycles. The Kier molecular flexibility index (Phi) is 2.50. The van der Waals surface area contributed by atoms with E-state index in [9.17, 15) is 0 Å². The van der Waals surface area contributed by atoms with Crippen molar-refractivity contribution >= 4 is 0 Å². The Hall–Kier alpha value is -0.960. The molecule has 0 radical (unpaired) electrons. The third-order valence-electron chi connectivity index (χ3n) is 3.31. The van der Waals surface area contributed by atoms with Gasteiger partial charge >= 0.3 is 0 Å². The van der Waals surface area contributed by atoms with Crippen LogP contribution in [0.1, 0.15) is 38.3 Å². The van der Waals surface area contributed by atoms with Crippen LogP contribution < -0.4 is 5.73 Å². The zero-order chi connectivity index (χ0) is 10.0. The van der Waals surface area contributed by atoms with E-state index in [1.165, 1.54) is 12.8 Å². The Morgan fingerprint density at radius 2 is 2.50 bits per heavy atom. The van der Waals surface area contributed by atoms with Gasteiger partial charge in [-0.1, -0.05) is 13.3 Å². The minimum Gasteiger partial charge on any atom is -0.320 e. The summed E-state index contributed by atoms with van der Waals surface area (Å²) in [7, 11) is 0. The maximum Gasteiger partial charge on any atom is 0.0829 e. The van der Waals surface area contributed by atoms with Crippen LogP contribution >= 0.6 is 0 Å². The molecule has 1 aromatic heterocycles. The van der Waals surface area contributed by atoms with Crippen LogP contribution in [-0.4, -0.2) is 10.2 Å². The highest BCUT2D eigenvalue weighted by Gasteiger charge is 2.37. The average molecular weight is 191 g/mol. The maximum absolute atomic E-state index is 6.34. The lowest BCUT2D eigenvalue weighted by Crippen LogP contribution is -2.34. The number of rotatable bonds is 2. The number of hydrogen-bond acceptors (Lipinski definition) is 3. The van der Waals surface area contributed by atoms with E-state index in [-0.39, 0.29) is 5.54 Å². The Balaban J connectivity index is 2.19. The molecule has 0 bridgehead atoms. The standard InChI is InChI=1S/C11H17N3/c1-2-9-5-6-11(12,8-9)10-4-3-7-13-14-10/h3-4,7,9H,2,5-6,8,12H2,1H3. The first-order chi connectivity index (χ1) is 6.74. The Labute approximate surface area is 84.7 Å². The van der Waals surface area contributed by atoms with Crippen LogP contribution in [0.5, 0.6) is 0 Å². The molecule has 1 aliphatic rings. The molecule has 0 aliphatic heterocycles. The van der Waals surface area contributed by atoms with Gasteiger partial charge < -0.3 is 5.73 Å². The second kappa shape index (κ2) is 3.65. The van der Waals surface area contributed by atoms with E-state index in [0.717, 1.165) is 24.5 Å². The molecule has 0 aromatic carbocycles. The van der Waals surface area contributed by atoms with Crippen molar-refractivity contribution < 1.29 is 0 Å². The largest absolute Gasteiger partial charge is 0.320 e. The molecule has 2 atom stereocenters. The van der Waals surface area contributed by atoms with E-state index >= 15 is 0 Å². The third kappa shape index (κ3) is 1.64. The Bertz CT molecular complexity index is 299. The van der Waals surface area contributed by atoms with Crippen molar-refractivity contribution in [3.05, 3.63) is 24.0 Å². The van der Waals surface area contributed by atoms with E-state index in [1.54, 1.807) is 6.20 Å². The molecule has 2 rings (SSSR count). The normalized spacial score (nSPS) is 32.0. The zero-order valence-corrected chi connectivity index (χ0v) is 8.61. The summed E-state index contributed by atoms with van der Waals surface area (Å²) in [5.41, 5.74) is 7.09. The molecule has 3 heteroatoms. The summed E-state index contributed by atoms with van der Waals surface area (Å²) in [6.07, 6.45) is 6.24. The number of nitrogens with zero attached hydrogens (tertiary/aromatic N) is 2. The molecular formula is C11H17N3. The number of aromatic nitrogens is 2. The van der Waals surface area contributed by atoms with Crippen LogP contribution in [0.25, 0.3) is 0 Å². The monoisotopic (exact) mass is 191 g/mol. The molecule has 1 aliphatic carbocycles. The van der Waals surface area contributed by atoms with Crippen molar-refractivity contribution in [2.75, 3.05) is 0 Å². The van der Waals surface area contributed by atoms with E-state index in [0.29, 0.717) is 0 Å². The molecule has 1 aromatic rings. The second-order valence-corrected chi connectivity index (χ2v) is 4.28. The highest BCUT2D eigenvalue weighted by molar-refractivity contribution is 5.15. The van der Waals surface area contributed by atoms with Crippen LogP contribution in [0.4, 0.5) is 0 Å². The maximum atomic E-state index is 6.34. The van der Waals surface area contributed by atoms with Crippen LogP contribution in [0.2, 0.25) is 0 Å². The van der Waals surface area contributed by atoms with Gasteiger partial charge in [0.15, 0.2) is 0 Å². The quantitative estimate of drug-likeness (QED) is 0.776. The summed E-state index contributed by atoms with van der Waals surface area (Å²) in [6, 6.07) is 3.90. The first kappa shape index (κ1) is 9.59. The molecule has 1 fully saturated rings. The van der Waals surface area contributed by atoms with Crippen molar-refractivity contribution in [1.82, 2.24) is 10.2 Å². The number of hydrogen-bond donors (Lipinski definition) is 1. The molecule has 14 heavy (non-hydrogen) atoms. The molecule has 0 saturated heterocycles. The fraction of sp³-hybridized carbons (Fsp3) is 0.636. The van der Waals surface area contributed by atoms with Crippen molar-refractivity contribution in [3.63, 3.8) is 0 Å². The van der Waals surface area contributed by atoms with E-state index in [1.807, 2.05) is 12.1 Å². The first-order valence-electron chi connectivity index (χ1n) is 5.31. The van der Waals surface area contributed by atoms with Crippen LogP contribution in [0.15, 0.2) is 18.3 Å². The fourth-order valence-corrected chi connectivity index (χ4v) is 2.33. The van der Waals surface area contributed by atoms with Gasteiger partial charge in [-0.3, -0.25) is 0 Å². The minimum absolute atomic E-state index is 0.213. The summed E-state index contributed by atoms with van der Waals surface area (Å²) in [5, 5.41) is 8.02. The SMILES string of the molecule is CCC1CCC(N)(c2cccnn2)C1. The predicted octanol–water partition coefficient (Wildman–Crippen LogP) is 1.84. The van der Waals surface area contributed by atoms with Crippen molar-refractivity contribution in [1.29, 1.82) is 0 Å². The lowest BCUT2D eigenvalue weighted by molar-refractivity contribution is 0.410. The van der Waals surface area contributed by atoms with Crippen LogP contribution in [0.3, 0.4) is 0 Å². The number of nitrogens with two attached hydrogens (primary N) is 1. The van der Waals surface area contributed by atoms with Gasteiger partial charge in [0.25, 0.3) is 0 Å². The highest BCUT2D eigenvalue weighted by atomic mass is 15.1.